The van der Waals surface area contributed by atoms with Crippen molar-refractivity contribution in [2.24, 2.45) is 0 Å². The SMILES string of the molecule is CS(=O)(=O)c1ccc2oc(C(=O)N[C@@H](Cc3ccc(Cl)cc3)C(=O)N3CCN(c4ccccc4CN4CCCC4=O)CC3)cc(=O)c2c1. The number of carbonyl (C=O) groups excluding carboxylic acids is 3. The summed E-state index contributed by atoms with van der Waals surface area (Å²) >= 11 is 6.08. The number of anilines is 1. The van der Waals surface area contributed by atoms with Crippen LogP contribution in [-0.4, -0.2) is 81.0 Å². The number of nitrogens with one attached hydrogen (secondary N) is 1. The number of piperazine rings is 1. The van der Waals surface area contributed by atoms with Crippen molar-refractivity contribution in [3.05, 3.63) is 105 Å². The highest BCUT2D eigenvalue weighted by molar-refractivity contribution is 7.90. The second-order valence-corrected chi connectivity index (χ2v) is 14.6. The first-order valence-electron chi connectivity index (χ1n) is 15.7. The summed E-state index contributed by atoms with van der Waals surface area (Å²) < 4.78 is 29.7. The number of halogens is 1. The fourth-order valence-electron chi connectivity index (χ4n) is 6.18. The number of nitrogens with zero attached hydrogens (tertiary/aromatic N) is 3. The maximum atomic E-state index is 14.0. The lowest BCUT2D eigenvalue weighted by Crippen LogP contribution is -2.55. The molecule has 4 aromatic rings. The summed E-state index contributed by atoms with van der Waals surface area (Å²) in [7, 11) is -3.56. The van der Waals surface area contributed by atoms with Crippen LogP contribution in [0.3, 0.4) is 0 Å². The van der Waals surface area contributed by atoms with Crippen LogP contribution >= 0.6 is 11.6 Å². The van der Waals surface area contributed by atoms with Gasteiger partial charge in [0.15, 0.2) is 21.0 Å². The molecule has 13 heteroatoms. The quantitative estimate of drug-likeness (QED) is 0.281. The number of rotatable bonds is 9. The number of fused-ring (bicyclic) bond motifs is 1. The van der Waals surface area contributed by atoms with E-state index < -0.39 is 27.2 Å². The van der Waals surface area contributed by atoms with Gasteiger partial charge in [0.2, 0.25) is 11.8 Å². The average molecular weight is 691 g/mol. The van der Waals surface area contributed by atoms with Gasteiger partial charge in [-0.15, -0.1) is 0 Å². The van der Waals surface area contributed by atoms with Crippen molar-refractivity contribution in [1.82, 2.24) is 15.1 Å². The lowest BCUT2D eigenvalue weighted by atomic mass is 10.0. The van der Waals surface area contributed by atoms with Crippen LogP contribution in [0, 0.1) is 0 Å². The number of amides is 3. The van der Waals surface area contributed by atoms with Crippen LogP contribution in [0.2, 0.25) is 5.02 Å². The van der Waals surface area contributed by atoms with Gasteiger partial charge in [-0.3, -0.25) is 19.2 Å². The molecule has 0 radical (unpaired) electrons. The summed E-state index contributed by atoms with van der Waals surface area (Å²) in [6, 6.07) is 18.9. The maximum absolute atomic E-state index is 14.0. The van der Waals surface area contributed by atoms with Crippen LogP contribution < -0.4 is 15.6 Å². The standard InChI is InChI=1S/C35H35ClN4O7S/c1-48(45,46)26-12-13-31-27(20-26)30(41)21-32(47-31)34(43)37-28(19-23-8-10-25(36)11-9-23)35(44)39-17-15-38(16-18-39)29-6-3-2-5-24(29)22-40-14-4-7-33(40)42/h2-3,5-6,8-13,20-21,28H,4,7,14-19,22H2,1H3,(H,37,43)/t28-/m0/s1. The second-order valence-electron chi connectivity index (χ2n) is 12.1. The summed E-state index contributed by atoms with van der Waals surface area (Å²) in [5, 5.41) is 3.33. The van der Waals surface area contributed by atoms with Gasteiger partial charge in [0.05, 0.1) is 10.3 Å². The Morgan fingerprint density at radius 3 is 2.35 bits per heavy atom. The number of hydrogen-bond acceptors (Lipinski definition) is 8. The fraction of sp³-hybridized carbons (Fsp3) is 0.314. The Morgan fingerprint density at radius 2 is 1.67 bits per heavy atom. The van der Waals surface area contributed by atoms with Gasteiger partial charge < -0.3 is 24.4 Å². The van der Waals surface area contributed by atoms with E-state index in [1.165, 1.54) is 18.2 Å². The van der Waals surface area contributed by atoms with Crippen LogP contribution in [0.15, 0.2) is 86.9 Å². The van der Waals surface area contributed by atoms with Crippen molar-refractivity contribution in [3.63, 3.8) is 0 Å². The minimum atomic E-state index is -3.56. The summed E-state index contributed by atoms with van der Waals surface area (Å²) in [5.41, 5.74) is 2.33. The Kier molecular flexibility index (Phi) is 9.56. The van der Waals surface area contributed by atoms with Crippen molar-refractivity contribution in [3.8, 4) is 0 Å². The van der Waals surface area contributed by atoms with E-state index in [0.29, 0.717) is 44.2 Å². The summed E-state index contributed by atoms with van der Waals surface area (Å²) in [6.07, 6.45) is 2.65. The molecule has 2 aliphatic heterocycles. The van der Waals surface area contributed by atoms with Crippen LogP contribution in [-0.2, 0) is 32.4 Å². The molecule has 1 N–H and O–H groups in total. The zero-order valence-electron chi connectivity index (χ0n) is 26.4. The van der Waals surface area contributed by atoms with Crippen LogP contribution in [0.5, 0.6) is 0 Å². The van der Waals surface area contributed by atoms with E-state index in [1.54, 1.807) is 29.2 Å². The van der Waals surface area contributed by atoms with Gasteiger partial charge >= 0.3 is 0 Å². The monoisotopic (exact) mass is 690 g/mol. The predicted molar refractivity (Wildman–Crippen MR) is 182 cm³/mol. The molecule has 1 aromatic heterocycles. The van der Waals surface area contributed by atoms with Crippen molar-refractivity contribution in [2.75, 3.05) is 43.9 Å². The normalized spacial score (nSPS) is 16.0. The Morgan fingerprint density at radius 1 is 0.938 bits per heavy atom. The molecule has 2 aliphatic rings. The van der Waals surface area contributed by atoms with Crippen molar-refractivity contribution >= 4 is 55.8 Å². The number of para-hydroxylation sites is 1. The Labute approximate surface area is 283 Å². The first-order chi connectivity index (χ1) is 23.0. The van der Waals surface area contributed by atoms with Gasteiger partial charge in [0.25, 0.3) is 5.91 Å². The minimum Gasteiger partial charge on any atom is -0.451 e. The Balaban J connectivity index is 1.19. The Hall–Kier alpha value is -4.68. The van der Waals surface area contributed by atoms with Gasteiger partial charge in [-0.1, -0.05) is 41.9 Å². The highest BCUT2D eigenvalue weighted by Crippen LogP contribution is 2.26. The maximum Gasteiger partial charge on any atom is 0.287 e. The van der Waals surface area contributed by atoms with Gasteiger partial charge in [-0.2, -0.15) is 0 Å². The molecular formula is C35H35ClN4O7S. The number of benzene rings is 3. The molecule has 2 saturated heterocycles. The minimum absolute atomic E-state index is 0.0229. The predicted octanol–water partition coefficient (Wildman–Crippen LogP) is 3.66. The fourth-order valence-corrected chi connectivity index (χ4v) is 6.95. The van der Waals surface area contributed by atoms with Crippen molar-refractivity contribution in [2.45, 2.75) is 36.7 Å². The lowest BCUT2D eigenvalue weighted by Gasteiger charge is -2.38. The van der Waals surface area contributed by atoms with Crippen molar-refractivity contribution in [1.29, 1.82) is 0 Å². The van der Waals surface area contributed by atoms with Crippen LogP contribution in [0.1, 0.15) is 34.5 Å². The summed E-state index contributed by atoms with van der Waals surface area (Å²) in [4.78, 5) is 58.4. The van der Waals surface area contributed by atoms with Crippen molar-refractivity contribution < 1.29 is 27.2 Å². The third-order valence-electron chi connectivity index (χ3n) is 8.76. The number of carbonyl (C=O) groups is 3. The summed E-state index contributed by atoms with van der Waals surface area (Å²) in [5.74, 6) is -1.17. The highest BCUT2D eigenvalue weighted by Gasteiger charge is 2.31. The largest absolute Gasteiger partial charge is 0.451 e. The molecule has 0 aliphatic carbocycles. The topological polar surface area (TPSA) is 137 Å². The molecule has 1 atom stereocenters. The molecule has 0 spiro atoms. The molecule has 3 aromatic carbocycles. The van der Waals surface area contributed by atoms with Gasteiger partial charge in [0.1, 0.15) is 11.6 Å². The van der Waals surface area contributed by atoms with E-state index in [2.05, 4.69) is 10.2 Å². The zero-order chi connectivity index (χ0) is 34.0. The van der Waals surface area contributed by atoms with Gasteiger partial charge in [0, 0.05) is 75.1 Å². The third kappa shape index (κ3) is 7.39. The van der Waals surface area contributed by atoms with Gasteiger partial charge in [-0.25, -0.2) is 8.42 Å². The molecular weight excluding hydrogens is 656 g/mol. The molecule has 6 rings (SSSR count). The first-order valence-corrected chi connectivity index (χ1v) is 18.0. The Bertz CT molecular complexity index is 2040. The number of likely N-dealkylation sites (tertiary alicyclic amines) is 1. The lowest BCUT2D eigenvalue weighted by molar-refractivity contribution is -0.133. The smallest absolute Gasteiger partial charge is 0.287 e. The molecule has 2 fully saturated rings. The van der Waals surface area contributed by atoms with E-state index in [-0.39, 0.29) is 39.9 Å². The average Bonchev–Trinajstić information content (AvgIpc) is 3.48. The molecule has 250 valence electrons. The van der Waals surface area contributed by atoms with E-state index in [0.717, 1.165) is 42.1 Å². The van der Waals surface area contributed by atoms with Gasteiger partial charge in [-0.05, 0) is 53.9 Å². The molecule has 11 nitrogen and oxygen atoms in total. The zero-order valence-corrected chi connectivity index (χ0v) is 27.9. The number of hydrogen-bond donors (Lipinski definition) is 1. The van der Waals surface area contributed by atoms with E-state index >= 15 is 0 Å². The molecule has 48 heavy (non-hydrogen) atoms. The molecule has 0 saturated carbocycles. The highest BCUT2D eigenvalue weighted by atomic mass is 35.5. The number of sulfone groups is 1. The van der Waals surface area contributed by atoms with E-state index in [1.807, 2.05) is 29.2 Å². The molecule has 3 amide bonds. The van der Waals surface area contributed by atoms with E-state index in [4.69, 9.17) is 16.0 Å². The third-order valence-corrected chi connectivity index (χ3v) is 10.1. The second kappa shape index (κ2) is 13.8. The van der Waals surface area contributed by atoms with Crippen LogP contribution in [0.4, 0.5) is 5.69 Å². The first kappa shape index (κ1) is 33.2. The van der Waals surface area contributed by atoms with E-state index in [9.17, 15) is 27.6 Å². The molecule has 0 bridgehead atoms. The molecule has 3 heterocycles. The molecule has 0 unspecified atom stereocenters. The summed E-state index contributed by atoms with van der Waals surface area (Å²) in [6.45, 7) is 3.25. The van der Waals surface area contributed by atoms with Crippen LogP contribution in [0.25, 0.3) is 11.0 Å².